The predicted molar refractivity (Wildman–Crippen MR) is 86.6 cm³/mol. The maximum absolute atomic E-state index is 12.1. The van der Waals surface area contributed by atoms with Gasteiger partial charge < -0.3 is 14.2 Å². The third-order valence-electron chi connectivity index (χ3n) is 3.34. The van der Waals surface area contributed by atoms with Crippen LogP contribution >= 0.6 is 0 Å². The first-order valence-corrected chi connectivity index (χ1v) is 7.42. The number of allylic oxidation sites excluding steroid dienone is 3. The quantitative estimate of drug-likeness (QED) is 0.452. The zero-order valence-electron chi connectivity index (χ0n) is 13.7. The van der Waals surface area contributed by atoms with Gasteiger partial charge in [0.15, 0.2) is 29.0 Å². The van der Waals surface area contributed by atoms with E-state index in [1.807, 2.05) is 6.92 Å². The molecule has 0 aliphatic carbocycles. The molecule has 0 spiro atoms. The SMILES string of the molecule is CCOc1ccc(/C=C\C(=O)[C@@H]2C(=O)C=C(C)OC2=O)cc1OC. The molecule has 0 fully saturated rings. The average Bonchev–Trinajstić information content (AvgIpc) is 2.53. The van der Waals surface area contributed by atoms with Gasteiger partial charge in [0.1, 0.15) is 5.76 Å². The van der Waals surface area contributed by atoms with Crippen molar-refractivity contribution in [3.05, 3.63) is 41.7 Å². The number of ketones is 2. The molecule has 1 atom stereocenters. The summed E-state index contributed by atoms with van der Waals surface area (Å²) in [6.07, 6.45) is 3.84. The number of ether oxygens (including phenoxy) is 3. The molecule has 1 aromatic carbocycles. The Kier molecular flexibility index (Phi) is 5.52. The molecule has 0 unspecified atom stereocenters. The molecule has 1 aliphatic heterocycles. The Morgan fingerprint density at radius 3 is 2.67 bits per heavy atom. The van der Waals surface area contributed by atoms with Crippen LogP contribution in [0.5, 0.6) is 11.5 Å². The first kappa shape index (κ1) is 17.5. The van der Waals surface area contributed by atoms with Crippen molar-refractivity contribution in [1.82, 2.24) is 0 Å². The first-order valence-electron chi connectivity index (χ1n) is 7.42. The van der Waals surface area contributed by atoms with Crippen molar-refractivity contribution in [2.75, 3.05) is 13.7 Å². The second-order valence-electron chi connectivity index (χ2n) is 5.09. The number of hydrogen-bond acceptors (Lipinski definition) is 6. The molecule has 1 aromatic rings. The van der Waals surface area contributed by atoms with Gasteiger partial charge in [-0.3, -0.25) is 14.4 Å². The molecule has 0 aromatic heterocycles. The smallest absolute Gasteiger partial charge is 0.329 e. The number of cyclic esters (lactones) is 1. The molecule has 6 nitrogen and oxygen atoms in total. The van der Waals surface area contributed by atoms with E-state index in [0.717, 1.165) is 6.08 Å². The van der Waals surface area contributed by atoms with Crippen LogP contribution in [0, 0.1) is 5.92 Å². The van der Waals surface area contributed by atoms with Gasteiger partial charge in [0, 0.05) is 6.08 Å². The molecule has 0 saturated heterocycles. The van der Waals surface area contributed by atoms with Gasteiger partial charge in [0.25, 0.3) is 0 Å². The topological polar surface area (TPSA) is 78.9 Å². The van der Waals surface area contributed by atoms with Gasteiger partial charge in [0.05, 0.1) is 13.7 Å². The number of carbonyl (C=O) groups is 3. The van der Waals surface area contributed by atoms with Crippen molar-refractivity contribution in [1.29, 1.82) is 0 Å². The Labute approximate surface area is 139 Å². The highest BCUT2D eigenvalue weighted by Crippen LogP contribution is 2.28. The summed E-state index contributed by atoms with van der Waals surface area (Å²) in [5.41, 5.74) is 0.673. The van der Waals surface area contributed by atoms with Crippen molar-refractivity contribution in [2.24, 2.45) is 5.92 Å². The number of esters is 1. The van der Waals surface area contributed by atoms with E-state index in [0.29, 0.717) is 23.7 Å². The van der Waals surface area contributed by atoms with Crippen LogP contribution in [0.2, 0.25) is 0 Å². The summed E-state index contributed by atoms with van der Waals surface area (Å²) in [6, 6.07) is 5.15. The summed E-state index contributed by atoms with van der Waals surface area (Å²) >= 11 is 0. The van der Waals surface area contributed by atoms with Gasteiger partial charge in [-0.2, -0.15) is 0 Å². The molecule has 126 valence electrons. The number of rotatable bonds is 6. The van der Waals surface area contributed by atoms with Gasteiger partial charge in [-0.25, -0.2) is 0 Å². The Morgan fingerprint density at radius 2 is 2.04 bits per heavy atom. The van der Waals surface area contributed by atoms with Crippen LogP contribution in [-0.2, 0) is 19.1 Å². The van der Waals surface area contributed by atoms with E-state index < -0.39 is 23.5 Å². The molecule has 24 heavy (non-hydrogen) atoms. The lowest BCUT2D eigenvalue weighted by Crippen LogP contribution is -2.34. The second-order valence-corrected chi connectivity index (χ2v) is 5.09. The molecule has 0 bridgehead atoms. The van der Waals surface area contributed by atoms with Gasteiger partial charge in [-0.1, -0.05) is 12.1 Å². The summed E-state index contributed by atoms with van der Waals surface area (Å²) in [5, 5.41) is 0. The fourth-order valence-corrected chi connectivity index (χ4v) is 2.24. The molecular weight excluding hydrogens is 312 g/mol. The van der Waals surface area contributed by atoms with E-state index in [2.05, 4.69) is 0 Å². The summed E-state index contributed by atoms with van der Waals surface area (Å²) in [7, 11) is 1.52. The molecular formula is C18H18O6. The minimum atomic E-state index is -1.44. The maximum atomic E-state index is 12.1. The largest absolute Gasteiger partial charge is 0.493 e. The lowest BCUT2D eigenvalue weighted by Gasteiger charge is -2.15. The van der Waals surface area contributed by atoms with E-state index in [9.17, 15) is 14.4 Å². The predicted octanol–water partition coefficient (Wildman–Crippen LogP) is 2.32. The zero-order chi connectivity index (χ0) is 17.7. The van der Waals surface area contributed by atoms with Crippen molar-refractivity contribution in [2.45, 2.75) is 13.8 Å². The van der Waals surface area contributed by atoms with Gasteiger partial charge in [-0.15, -0.1) is 0 Å². The van der Waals surface area contributed by atoms with Crippen LogP contribution in [-0.4, -0.2) is 31.3 Å². The summed E-state index contributed by atoms with van der Waals surface area (Å²) in [6.45, 7) is 3.85. The lowest BCUT2D eigenvalue weighted by molar-refractivity contribution is -0.151. The van der Waals surface area contributed by atoms with Gasteiger partial charge >= 0.3 is 5.97 Å². The Balaban J connectivity index is 2.17. The number of methoxy groups -OCH3 is 1. The average molecular weight is 330 g/mol. The van der Waals surface area contributed by atoms with Crippen molar-refractivity contribution in [3.63, 3.8) is 0 Å². The Morgan fingerprint density at radius 1 is 1.29 bits per heavy atom. The number of hydrogen-bond donors (Lipinski definition) is 0. The molecule has 2 rings (SSSR count). The molecule has 1 heterocycles. The highest BCUT2D eigenvalue weighted by Gasteiger charge is 2.36. The molecule has 0 amide bonds. The van der Waals surface area contributed by atoms with E-state index in [1.165, 1.54) is 26.2 Å². The molecule has 0 saturated carbocycles. The first-order chi connectivity index (χ1) is 11.5. The third kappa shape index (κ3) is 3.90. The maximum Gasteiger partial charge on any atom is 0.329 e. The van der Waals surface area contributed by atoms with Crippen molar-refractivity contribution in [3.8, 4) is 11.5 Å². The number of benzene rings is 1. The van der Waals surface area contributed by atoms with E-state index >= 15 is 0 Å². The minimum Gasteiger partial charge on any atom is -0.493 e. The molecule has 0 radical (unpaired) electrons. The van der Waals surface area contributed by atoms with Crippen LogP contribution < -0.4 is 9.47 Å². The lowest BCUT2D eigenvalue weighted by atomic mass is 9.96. The third-order valence-corrected chi connectivity index (χ3v) is 3.34. The summed E-state index contributed by atoms with van der Waals surface area (Å²) < 4.78 is 15.5. The molecule has 0 N–H and O–H groups in total. The fourth-order valence-electron chi connectivity index (χ4n) is 2.24. The normalized spacial score (nSPS) is 17.5. The summed E-state index contributed by atoms with van der Waals surface area (Å²) in [4.78, 5) is 35.7. The fraction of sp³-hybridized carbons (Fsp3) is 0.278. The summed E-state index contributed by atoms with van der Waals surface area (Å²) in [5.74, 6) is -2.17. The Hall–Kier alpha value is -2.89. The molecule has 6 heteroatoms. The van der Waals surface area contributed by atoms with E-state index in [1.54, 1.807) is 18.2 Å². The highest BCUT2D eigenvalue weighted by atomic mass is 16.5. The zero-order valence-corrected chi connectivity index (χ0v) is 13.7. The highest BCUT2D eigenvalue weighted by molar-refractivity contribution is 6.25. The van der Waals surface area contributed by atoms with Crippen LogP contribution in [0.4, 0.5) is 0 Å². The van der Waals surface area contributed by atoms with Gasteiger partial charge in [0.2, 0.25) is 0 Å². The van der Waals surface area contributed by atoms with E-state index in [4.69, 9.17) is 14.2 Å². The van der Waals surface area contributed by atoms with Crippen molar-refractivity contribution < 1.29 is 28.6 Å². The van der Waals surface area contributed by atoms with Crippen LogP contribution in [0.25, 0.3) is 6.08 Å². The minimum absolute atomic E-state index is 0.189. The van der Waals surface area contributed by atoms with Gasteiger partial charge in [-0.05, 0) is 37.6 Å². The van der Waals surface area contributed by atoms with Crippen LogP contribution in [0.3, 0.4) is 0 Å². The van der Waals surface area contributed by atoms with Crippen molar-refractivity contribution >= 4 is 23.6 Å². The van der Waals surface area contributed by atoms with E-state index in [-0.39, 0.29) is 5.76 Å². The molecule has 1 aliphatic rings. The Bertz CT molecular complexity index is 729. The second kappa shape index (κ2) is 7.59. The van der Waals surface area contributed by atoms with Crippen LogP contribution in [0.1, 0.15) is 19.4 Å². The standard InChI is InChI=1S/C18H18O6/c1-4-23-15-8-6-12(10-16(15)22-3)5-7-13(19)17-14(20)9-11(2)24-18(17)21/h5-10,17H,4H2,1-3H3/b7-5-/t17-/m1/s1. The monoisotopic (exact) mass is 330 g/mol. The van der Waals surface area contributed by atoms with Crippen LogP contribution in [0.15, 0.2) is 36.1 Å². The number of carbonyl (C=O) groups excluding carboxylic acids is 3.